The Morgan fingerprint density at radius 2 is 2.12 bits per heavy atom. The van der Waals surface area contributed by atoms with Crippen LogP contribution in [0.1, 0.15) is 20.8 Å². The molecule has 134 valence electrons. The van der Waals surface area contributed by atoms with Crippen molar-refractivity contribution in [2.45, 2.75) is 26.0 Å². The van der Waals surface area contributed by atoms with E-state index in [1.165, 1.54) is 0 Å². The lowest BCUT2D eigenvalue weighted by atomic mass is 9.72. The first-order chi connectivity index (χ1) is 12.2. The average molecular weight is 389 g/mol. The number of amides is 2. The van der Waals surface area contributed by atoms with Crippen molar-refractivity contribution in [2.24, 2.45) is 11.3 Å². The Labute approximate surface area is 161 Å². The third-order valence-electron chi connectivity index (χ3n) is 4.09. The molecule has 26 heavy (non-hydrogen) atoms. The van der Waals surface area contributed by atoms with Gasteiger partial charge in [0.1, 0.15) is 5.92 Å². The van der Waals surface area contributed by atoms with Gasteiger partial charge in [0.2, 0.25) is 11.8 Å². The van der Waals surface area contributed by atoms with Gasteiger partial charge in [-0.15, -0.1) is 0 Å². The van der Waals surface area contributed by atoms with Crippen molar-refractivity contribution in [1.29, 1.82) is 10.5 Å². The first-order valence-corrected chi connectivity index (χ1v) is 9.05. The smallest absolute Gasteiger partial charge is 0.243 e. The lowest BCUT2D eigenvalue weighted by Gasteiger charge is -2.35. The molecule has 0 unspecified atom stereocenters. The number of benzene rings is 1. The normalized spacial score (nSPS) is 19.8. The SMILES string of the molecule is C[C@@H](SC1=C(C#N)C(C)(C)[C@@H](C#N)C(=O)N1)C(=O)Nc1cccc(Cl)c1. The summed E-state index contributed by atoms with van der Waals surface area (Å²) in [5, 5.41) is 24.3. The molecule has 1 heterocycles. The van der Waals surface area contributed by atoms with E-state index in [4.69, 9.17) is 11.6 Å². The molecule has 2 atom stereocenters. The predicted octanol–water partition coefficient (Wildman–Crippen LogP) is 3.43. The van der Waals surface area contributed by atoms with Gasteiger partial charge in [-0.1, -0.05) is 43.3 Å². The summed E-state index contributed by atoms with van der Waals surface area (Å²) in [6.07, 6.45) is 0. The molecule has 0 spiro atoms. The molecule has 0 aromatic heterocycles. The number of halogens is 1. The number of nitriles is 2. The summed E-state index contributed by atoms with van der Waals surface area (Å²) in [6, 6.07) is 10.8. The largest absolute Gasteiger partial charge is 0.325 e. The standard InChI is InChI=1S/C18H17ClN4O2S/c1-10(15(24)22-12-6-4-5-11(19)7-12)26-17-14(9-21)18(2,3)13(8-20)16(25)23-17/h4-7,10,13H,1-3H3,(H,22,24)(H,23,25)/t10-,13+/m1/s1. The van der Waals surface area contributed by atoms with Crippen LogP contribution in [-0.2, 0) is 9.59 Å². The second kappa shape index (κ2) is 7.82. The molecule has 8 heteroatoms. The monoisotopic (exact) mass is 388 g/mol. The maximum absolute atomic E-state index is 12.4. The average Bonchev–Trinajstić information content (AvgIpc) is 2.54. The number of nitrogens with zero attached hydrogens (tertiary/aromatic N) is 2. The zero-order valence-electron chi connectivity index (χ0n) is 14.5. The van der Waals surface area contributed by atoms with Crippen LogP contribution in [0.4, 0.5) is 5.69 Å². The van der Waals surface area contributed by atoms with Crippen LogP contribution in [-0.4, -0.2) is 17.1 Å². The number of allylic oxidation sites excluding steroid dienone is 1. The molecule has 2 rings (SSSR count). The first-order valence-electron chi connectivity index (χ1n) is 7.79. The van der Waals surface area contributed by atoms with Gasteiger partial charge in [0.25, 0.3) is 0 Å². The van der Waals surface area contributed by atoms with Gasteiger partial charge in [0.15, 0.2) is 0 Å². The molecule has 0 saturated carbocycles. The number of carbonyl (C=O) groups excluding carboxylic acids is 2. The van der Waals surface area contributed by atoms with Crippen molar-refractivity contribution in [3.8, 4) is 12.1 Å². The maximum Gasteiger partial charge on any atom is 0.243 e. The summed E-state index contributed by atoms with van der Waals surface area (Å²) in [5.74, 6) is -1.73. The molecule has 1 aliphatic rings. The van der Waals surface area contributed by atoms with Gasteiger partial charge in [0, 0.05) is 16.1 Å². The van der Waals surface area contributed by atoms with Crippen molar-refractivity contribution < 1.29 is 9.59 Å². The zero-order chi connectivity index (χ0) is 19.5. The van der Waals surface area contributed by atoms with Crippen LogP contribution in [0.5, 0.6) is 0 Å². The van der Waals surface area contributed by atoms with Crippen LogP contribution < -0.4 is 10.6 Å². The summed E-state index contributed by atoms with van der Waals surface area (Å²) in [4.78, 5) is 24.6. The van der Waals surface area contributed by atoms with Crippen molar-refractivity contribution in [3.63, 3.8) is 0 Å². The summed E-state index contributed by atoms with van der Waals surface area (Å²) in [7, 11) is 0. The molecule has 0 saturated heterocycles. The van der Waals surface area contributed by atoms with Gasteiger partial charge in [0.05, 0.1) is 28.0 Å². The quantitative estimate of drug-likeness (QED) is 0.821. The molecule has 0 radical (unpaired) electrons. The van der Waals surface area contributed by atoms with E-state index in [-0.39, 0.29) is 11.5 Å². The number of hydrogen-bond acceptors (Lipinski definition) is 5. The molecule has 6 nitrogen and oxygen atoms in total. The Bertz CT molecular complexity index is 867. The first kappa shape index (κ1) is 19.8. The highest BCUT2D eigenvalue weighted by molar-refractivity contribution is 8.04. The van der Waals surface area contributed by atoms with Crippen LogP contribution in [0.3, 0.4) is 0 Å². The number of anilines is 1. The highest BCUT2D eigenvalue weighted by atomic mass is 35.5. The van der Waals surface area contributed by atoms with Crippen molar-refractivity contribution in [2.75, 3.05) is 5.32 Å². The van der Waals surface area contributed by atoms with Gasteiger partial charge < -0.3 is 10.6 Å². The van der Waals surface area contributed by atoms with Gasteiger partial charge in [-0.3, -0.25) is 9.59 Å². The number of nitrogens with one attached hydrogen (secondary N) is 2. The molecule has 1 aromatic rings. The lowest BCUT2D eigenvalue weighted by molar-refractivity contribution is -0.125. The number of carbonyl (C=O) groups is 2. The Balaban J connectivity index is 2.21. The topological polar surface area (TPSA) is 106 Å². The van der Waals surface area contributed by atoms with Crippen LogP contribution in [0.2, 0.25) is 5.02 Å². The van der Waals surface area contributed by atoms with Crippen molar-refractivity contribution in [3.05, 3.63) is 39.9 Å². The van der Waals surface area contributed by atoms with E-state index < -0.39 is 22.5 Å². The fraction of sp³-hybridized carbons (Fsp3) is 0.333. The van der Waals surface area contributed by atoms with E-state index in [0.29, 0.717) is 15.7 Å². The van der Waals surface area contributed by atoms with Crippen LogP contribution in [0.15, 0.2) is 34.9 Å². The molecule has 2 N–H and O–H groups in total. The van der Waals surface area contributed by atoms with Crippen LogP contribution in [0, 0.1) is 34.0 Å². The lowest BCUT2D eigenvalue weighted by Crippen LogP contribution is -2.45. The second-order valence-electron chi connectivity index (χ2n) is 6.35. The fourth-order valence-electron chi connectivity index (χ4n) is 2.55. The van der Waals surface area contributed by atoms with Gasteiger partial charge >= 0.3 is 0 Å². The summed E-state index contributed by atoms with van der Waals surface area (Å²) in [5.41, 5.74) is -0.0878. The second-order valence-corrected chi connectivity index (χ2v) is 8.14. The molecular weight excluding hydrogens is 372 g/mol. The Kier molecular flexibility index (Phi) is 5.97. The van der Waals surface area contributed by atoms with Crippen LogP contribution >= 0.6 is 23.4 Å². The highest BCUT2D eigenvalue weighted by Crippen LogP contribution is 2.42. The van der Waals surface area contributed by atoms with Gasteiger partial charge in [-0.2, -0.15) is 10.5 Å². The van der Waals surface area contributed by atoms with Gasteiger partial charge in [-0.25, -0.2) is 0 Å². The summed E-state index contributed by atoms with van der Waals surface area (Å²) >= 11 is 6.98. The highest BCUT2D eigenvalue weighted by Gasteiger charge is 2.45. The minimum atomic E-state index is -0.961. The van der Waals surface area contributed by atoms with Crippen molar-refractivity contribution in [1.82, 2.24) is 5.32 Å². The van der Waals surface area contributed by atoms with Crippen molar-refractivity contribution >= 4 is 40.9 Å². The number of thioether (sulfide) groups is 1. The molecule has 0 fully saturated rings. The predicted molar refractivity (Wildman–Crippen MR) is 101 cm³/mol. The molecule has 1 aromatic carbocycles. The van der Waals surface area contributed by atoms with Crippen LogP contribution in [0.25, 0.3) is 0 Å². The third-order valence-corrected chi connectivity index (χ3v) is 5.43. The number of rotatable bonds is 4. The van der Waals surface area contributed by atoms with E-state index in [9.17, 15) is 20.1 Å². The third kappa shape index (κ3) is 4.01. The summed E-state index contributed by atoms with van der Waals surface area (Å²) < 4.78 is 0. The Morgan fingerprint density at radius 1 is 1.42 bits per heavy atom. The Morgan fingerprint density at radius 3 is 2.69 bits per heavy atom. The van der Waals surface area contributed by atoms with E-state index in [1.807, 2.05) is 6.07 Å². The molecular formula is C18H17ClN4O2S. The maximum atomic E-state index is 12.4. The molecule has 1 aliphatic heterocycles. The number of hydrogen-bond donors (Lipinski definition) is 2. The summed E-state index contributed by atoms with van der Waals surface area (Å²) in [6.45, 7) is 5.02. The van der Waals surface area contributed by atoms with E-state index in [2.05, 4.69) is 16.7 Å². The fourth-order valence-corrected chi connectivity index (χ4v) is 3.85. The van der Waals surface area contributed by atoms with E-state index >= 15 is 0 Å². The minimum absolute atomic E-state index is 0.288. The molecule has 0 aliphatic carbocycles. The van der Waals surface area contributed by atoms with E-state index in [1.54, 1.807) is 45.0 Å². The Hall–Kier alpha value is -2.48. The van der Waals surface area contributed by atoms with Gasteiger partial charge in [-0.05, 0) is 25.1 Å². The zero-order valence-corrected chi connectivity index (χ0v) is 16.0. The molecule has 2 amide bonds. The molecule has 0 bridgehead atoms. The minimum Gasteiger partial charge on any atom is -0.325 e. The van der Waals surface area contributed by atoms with E-state index in [0.717, 1.165) is 11.8 Å².